The van der Waals surface area contributed by atoms with E-state index in [0.29, 0.717) is 11.5 Å². The molecule has 2 aromatic rings. The normalized spacial score (nSPS) is 13.7. The van der Waals surface area contributed by atoms with Crippen molar-refractivity contribution in [3.05, 3.63) is 28.8 Å². The molecule has 0 radical (unpaired) electrons. The fraction of sp³-hybridized carbons (Fsp3) is 0.417. The smallest absolute Gasteiger partial charge is 0.279 e. The number of rotatable bonds is 2. The summed E-state index contributed by atoms with van der Waals surface area (Å²) < 4.78 is 6.61. The van der Waals surface area contributed by atoms with Crippen molar-refractivity contribution in [3.63, 3.8) is 0 Å². The number of nitrogens with one attached hydrogen (secondary N) is 1. The number of aryl methyl sites for hydroxylation is 3. The van der Waals surface area contributed by atoms with Gasteiger partial charge in [0.05, 0.1) is 5.69 Å². The highest BCUT2D eigenvalue weighted by molar-refractivity contribution is 6.02. The lowest BCUT2D eigenvalue weighted by atomic mass is 10.2. The summed E-state index contributed by atoms with van der Waals surface area (Å²) in [5, 5.41) is 11.0. The minimum atomic E-state index is -0.260. The molecule has 1 amide bonds. The van der Waals surface area contributed by atoms with Crippen LogP contribution in [0.15, 0.2) is 10.6 Å². The second-order valence-electron chi connectivity index (χ2n) is 4.53. The van der Waals surface area contributed by atoms with Crippen LogP contribution in [0.4, 0.5) is 5.82 Å². The van der Waals surface area contributed by atoms with Gasteiger partial charge < -0.3 is 9.84 Å². The van der Waals surface area contributed by atoms with Crippen LogP contribution in [0.25, 0.3) is 0 Å². The van der Waals surface area contributed by atoms with Crippen LogP contribution in [0.2, 0.25) is 0 Å². The second-order valence-corrected chi connectivity index (χ2v) is 4.53. The van der Waals surface area contributed by atoms with Crippen LogP contribution in [0.5, 0.6) is 0 Å². The molecule has 0 unspecified atom stereocenters. The molecular weight excluding hydrogens is 232 g/mol. The van der Waals surface area contributed by atoms with Crippen LogP contribution in [-0.4, -0.2) is 20.8 Å². The maximum absolute atomic E-state index is 12.0. The van der Waals surface area contributed by atoms with Crippen molar-refractivity contribution >= 4 is 11.7 Å². The van der Waals surface area contributed by atoms with Crippen LogP contribution < -0.4 is 5.32 Å². The van der Waals surface area contributed by atoms with Crippen molar-refractivity contribution in [3.8, 4) is 0 Å². The van der Waals surface area contributed by atoms with Crippen molar-refractivity contribution in [2.24, 2.45) is 7.05 Å². The van der Waals surface area contributed by atoms with E-state index in [1.54, 1.807) is 17.7 Å². The first-order valence-electron chi connectivity index (χ1n) is 5.94. The summed E-state index contributed by atoms with van der Waals surface area (Å²) in [6, 6.07) is 1.62. The first-order chi connectivity index (χ1) is 8.65. The molecule has 0 aliphatic heterocycles. The molecule has 1 aliphatic carbocycles. The fourth-order valence-corrected chi connectivity index (χ4v) is 2.32. The third-order valence-electron chi connectivity index (χ3n) is 3.16. The molecule has 2 aromatic heterocycles. The summed E-state index contributed by atoms with van der Waals surface area (Å²) >= 11 is 0. The van der Waals surface area contributed by atoms with Crippen LogP contribution in [0, 0.1) is 6.92 Å². The zero-order valence-corrected chi connectivity index (χ0v) is 10.4. The molecule has 1 N–H and O–H groups in total. The number of aromatic nitrogens is 3. The molecule has 0 fully saturated rings. The van der Waals surface area contributed by atoms with E-state index in [4.69, 9.17) is 4.52 Å². The van der Waals surface area contributed by atoms with E-state index in [1.165, 1.54) is 0 Å². The van der Waals surface area contributed by atoms with Gasteiger partial charge in [-0.2, -0.15) is 5.10 Å². The Hall–Kier alpha value is -2.11. The Bertz CT molecular complexity index is 612. The highest BCUT2D eigenvalue weighted by Gasteiger charge is 2.23. The number of carbonyl (C=O) groups excluding carboxylic acids is 1. The summed E-state index contributed by atoms with van der Waals surface area (Å²) in [6.45, 7) is 1.76. The lowest BCUT2D eigenvalue weighted by molar-refractivity contribution is 0.101. The summed E-state index contributed by atoms with van der Waals surface area (Å²) in [4.78, 5) is 12.0. The molecule has 0 spiro atoms. The predicted molar refractivity (Wildman–Crippen MR) is 64.4 cm³/mol. The van der Waals surface area contributed by atoms with Gasteiger partial charge in [0.1, 0.15) is 11.6 Å². The lowest BCUT2D eigenvalue weighted by Crippen LogP contribution is -2.16. The molecule has 0 saturated heterocycles. The van der Waals surface area contributed by atoms with Crippen molar-refractivity contribution in [2.45, 2.75) is 26.2 Å². The third kappa shape index (κ3) is 1.70. The van der Waals surface area contributed by atoms with Gasteiger partial charge >= 0.3 is 0 Å². The summed E-state index contributed by atoms with van der Waals surface area (Å²) in [5.41, 5.74) is 2.52. The van der Waals surface area contributed by atoms with Gasteiger partial charge in [-0.1, -0.05) is 5.16 Å². The monoisotopic (exact) mass is 246 g/mol. The molecule has 2 heterocycles. The van der Waals surface area contributed by atoms with E-state index < -0.39 is 0 Å². The summed E-state index contributed by atoms with van der Waals surface area (Å²) in [7, 11) is 1.84. The highest BCUT2D eigenvalue weighted by Crippen LogP contribution is 2.28. The number of nitrogens with zero attached hydrogens (tertiary/aromatic N) is 3. The van der Waals surface area contributed by atoms with Gasteiger partial charge in [0.25, 0.3) is 5.91 Å². The maximum Gasteiger partial charge on any atom is 0.279 e. The molecule has 0 saturated carbocycles. The average molecular weight is 246 g/mol. The Labute approximate surface area is 104 Å². The van der Waals surface area contributed by atoms with E-state index in [0.717, 1.165) is 36.3 Å². The van der Waals surface area contributed by atoms with Crippen molar-refractivity contribution in [2.75, 3.05) is 5.32 Å². The van der Waals surface area contributed by atoms with Gasteiger partial charge in [-0.05, 0) is 26.2 Å². The second kappa shape index (κ2) is 3.97. The predicted octanol–water partition coefficient (Wildman–Crippen LogP) is 1.46. The standard InChI is InChI=1S/C12H14N4O2/c1-7-6-10(15-18-7)12(17)13-11-8-4-3-5-9(8)14-16(11)2/h6H,3-5H2,1-2H3,(H,13,17). The number of amides is 1. The fourth-order valence-electron chi connectivity index (χ4n) is 2.32. The van der Waals surface area contributed by atoms with Crippen LogP contribution in [0.1, 0.15) is 33.9 Å². The third-order valence-corrected chi connectivity index (χ3v) is 3.16. The van der Waals surface area contributed by atoms with Crippen molar-refractivity contribution in [1.29, 1.82) is 0 Å². The number of hydrogen-bond donors (Lipinski definition) is 1. The SMILES string of the molecule is Cc1cc(C(=O)Nc2c3c(nn2C)CCC3)no1. The number of anilines is 1. The summed E-state index contributed by atoms with van der Waals surface area (Å²) in [5.74, 6) is 1.13. The Morgan fingerprint density at radius 1 is 1.50 bits per heavy atom. The van der Waals surface area contributed by atoms with E-state index in [-0.39, 0.29) is 5.91 Å². The number of carbonyl (C=O) groups is 1. The molecular formula is C12H14N4O2. The topological polar surface area (TPSA) is 73.0 Å². The Balaban J connectivity index is 1.87. The molecule has 1 aliphatic rings. The first-order valence-corrected chi connectivity index (χ1v) is 5.94. The van der Waals surface area contributed by atoms with Crippen LogP contribution in [-0.2, 0) is 19.9 Å². The van der Waals surface area contributed by atoms with Gasteiger partial charge in [-0.25, -0.2) is 0 Å². The summed E-state index contributed by atoms with van der Waals surface area (Å²) in [6.07, 6.45) is 3.06. The average Bonchev–Trinajstić information content (AvgIpc) is 2.99. The van der Waals surface area contributed by atoms with Gasteiger partial charge in [0.2, 0.25) is 0 Å². The molecule has 0 bridgehead atoms. The molecule has 94 valence electrons. The van der Waals surface area contributed by atoms with E-state index >= 15 is 0 Å². The van der Waals surface area contributed by atoms with Gasteiger partial charge in [0.15, 0.2) is 5.69 Å². The van der Waals surface area contributed by atoms with Crippen molar-refractivity contribution < 1.29 is 9.32 Å². The van der Waals surface area contributed by atoms with E-state index in [1.807, 2.05) is 7.05 Å². The molecule has 18 heavy (non-hydrogen) atoms. The molecule has 0 atom stereocenters. The molecule has 3 rings (SSSR count). The zero-order chi connectivity index (χ0) is 12.7. The first kappa shape index (κ1) is 11.0. The Morgan fingerprint density at radius 2 is 2.33 bits per heavy atom. The van der Waals surface area contributed by atoms with Gasteiger partial charge in [-0.15, -0.1) is 0 Å². The Kier molecular flexibility index (Phi) is 2.43. The van der Waals surface area contributed by atoms with E-state index in [2.05, 4.69) is 15.6 Å². The van der Waals surface area contributed by atoms with Gasteiger partial charge in [0, 0.05) is 18.7 Å². The van der Waals surface area contributed by atoms with E-state index in [9.17, 15) is 4.79 Å². The molecule has 0 aromatic carbocycles. The largest absolute Gasteiger partial charge is 0.361 e. The quantitative estimate of drug-likeness (QED) is 0.870. The minimum absolute atomic E-state index is 0.260. The number of fused-ring (bicyclic) bond motifs is 1. The number of hydrogen-bond acceptors (Lipinski definition) is 4. The molecule has 6 nitrogen and oxygen atoms in total. The van der Waals surface area contributed by atoms with Gasteiger partial charge in [-0.3, -0.25) is 9.48 Å². The van der Waals surface area contributed by atoms with Crippen molar-refractivity contribution in [1.82, 2.24) is 14.9 Å². The van der Waals surface area contributed by atoms with Crippen LogP contribution in [0.3, 0.4) is 0 Å². The molecule has 6 heteroatoms. The van der Waals surface area contributed by atoms with Crippen LogP contribution >= 0.6 is 0 Å². The minimum Gasteiger partial charge on any atom is -0.361 e. The maximum atomic E-state index is 12.0. The lowest BCUT2D eigenvalue weighted by Gasteiger charge is -2.05. The Morgan fingerprint density at radius 3 is 3.06 bits per heavy atom. The highest BCUT2D eigenvalue weighted by atomic mass is 16.5. The zero-order valence-electron chi connectivity index (χ0n) is 10.4.